The molecule has 0 amide bonds. The number of rotatable bonds is 15. The number of nitrogens with zero attached hydrogens (tertiary/aromatic N) is 4. The molecule has 0 radical (unpaired) electrons. The molecular weight excluding hydrogens is 1360 g/mol. The van der Waals surface area contributed by atoms with Gasteiger partial charge in [0.1, 0.15) is 0 Å². The Labute approximate surface area is 762 Å². The zero-order chi connectivity index (χ0) is 138. The lowest BCUT2D eigenvalue weighted by Gasteiger charge is -2.46. The number of hydrogen-bond acceptors (Lipinski definition) is 3. The molecule has 0 spiro atoms. The predicted molar refractivity (Wildman–Crippen MR) is 478 cm³/mol. The topological polar surface area (TPSA) is 14.7 Å². The molecule has 5 heteroatoms. The van der Waals surface area contributed by atoms with E-state index in [0.717, 1.165) is 0 Å². The summed E-state index contributed by atoms with van der Waals surface area (Å²) in [4.78, 5) is -0.122. The second-order valence-corrected chi connectivity index (χ2v) is 23.8. The first kappa shape index (κ1) is 25.4. The fraction of sp³-hybridized carbons (Fsp3) is 0. The van der Waals surface area contributed by atoms with Crippen LogP contribution in [0.4, 0.5) is 51.2 Å². The SMILES string of the molecule is [2H]c1c([2H])c([2H])c(-c2c([2H])c([2H])c(N(c3c([2H])c([2H])c(-c4c([2H])c([2H])c([2H])c([2H])c4[2H])c([2H])c3[2H])c3c([2H])c([2H])c4c(c3[2H])N(c3c(-c5c([2H])c([2H])c([2H])c([2H])c5[2H])c([2H])c(-c5c([2H])c([2H])c([2H])c([2H])c5[2H])c([2H])c3-c3c([2H])c([2H])c([2H])c([2H])c3[2H])c3c([2H])c([2H])c([2H])c5c3B4c3c([2H])c([2H])c(-c4c([2H])c([2H])c(-n6c7c([2H])c([2H])c([2H])c([2H])c7c7c([2H])c([2H])c([2H])c([2H])c76)c([2H])c4[2H])c([2H])c3N5c3c(-c4c([2H])c([2H])c([2H])c([2H])c4[2H])c([2H])c(-c4c([2H])c([2H])c([2H])c([2H])c4[2H])c([2H])c3-c3c([2H])c([2H])c([2H])c([2H])c3[2H])c([2H])c2[2H])c([2H])c1[2H]. The summed E-state index contributed by atoms with van der Waals surface area (Å²) in [5.41, 5.74) is -53.1. The van der Waals surface area contributed by atoms with Crippen LogP contribution >= 0.6 is 0 Å². The van der Waals surface area contributed by atoms with Gasteiger partial charge in [-0.1, -0.05) is 338 Å². The molecule has 19 aromatic rings. The zero-order valence-corrected chi connectivity index (χ0v) is 56.4. The first-order valence-electron chi connectivity index (χ1n) is 69.5. The lowest BCUT2D eigenvalue weighted by molar-refractivity contribution is 1.18. The Morgan fingerprint density at radius 1 is 0.212 bits per heavy atom. The molecule has 528 valence electrons. The molecule has 2 aliphatic rings. The first-order valence-corrected chi connectivity index (χ1v) is 33.0. The van der Waals surface area contributed by atoms with E-state index in [2.05, 4.69) is 0 Å². The van der Waals surface area contributed by atoms with Gasteiger partial charge >= 0.3 is 0 Å². The molecular formula is C108H73BN4. The van der Waals surface area contributed by atoms with Crippen LogP contribution in [0, 0.1) is 0 Å². The number of fused-ring (bicyclic) bond motifs is 7. The highest BCUT2D eigenvalue weighted by Crippen LogP contribution is 2.55. The van der Waals surface area contributed by atoms with Gasteiger partial charge in [0.25, 0.3) is 6.71 Å². The second kappa shape index (κ2) is 28.3. The van der Waals surface area contributed by atoms with Gasteiger partial charge in [-0.3, -0.25) is 0 Å². The molecule has 2 aliphatic heterocycles. The molecule has 21 rings (SSSR count). The minimum absolute atomic E-state index is 0.0169. The molecule has 0 saturated heterocycles. The molecule has 0 bridgehead atoms. The standard InChI is InChI=1S/C108H73BN4/c1-9-30-74(31-10-1)78-52-59-88(60-53-78)110(89-61-54-79(55-62-89)75-32-11-2-12-33-75)91-65-67-99-105(73-91)113(108-96(83-42-21-7-22-43-83)70-87(77-36-15-4-16-37-77)71-97(108)84-44-23-8-24-45-84)103-51-29-50-102-106(103)109(99)98-66-58-85(80-56-63-90(64-57-80)111-100-48-27-25-46-92(100)93-47-26-28-49-101(93)111)72-104(98)112(102)107-94(81-38-17-5-18-39-81)68-86(76-34-13-3-14-35-76)69-95(107)82-40-19-6-20-41-82/h1-73H/i1D,2D,3D,4D,5D,6D,7D,8D,9D,10D,11D,12D,13D,14D,15D,16D,17D,18D,19D,20D,21D,22D,23D,24D,25D,26D,27D,28D,29D,30D,31D,32D,33D,34D,35D,36D,37D,38D,39D,40D,41D,42D,43D,44D,45D,46D,47D,48D,49D,50D,51D,52D,53D,54D,55D,56D,57D,58D,59D,60D,61D,62D,63D,64D,65D,66D,67D,68D,69D,70D,71D,72D,73D. The van der Waals surface area contributed by atoms with Crippen LogP contribution in [-0.2, 0) is 0 Å². The normalized spacial score (nSPS) is 21.1. The van der Waals surface area contributed by atoms with Crippen LogP contribution in [-0.4, -0.2) is 11.3 Å². The Morgan fingerprint density at radius 2 is 0.504 bits per heavy atom. The Hall–Kier alpha value is -14.8. The Bertz CT molecular complexity index is 10800. The quantitative estimate of drug-likeness (QED) is 0.0951. The maximum atomic E-state index is 12.1. The van der Waals surface area contributed by atoms with Gasteiger partial charge in [-0.25, -0.2) is 0 Å². The van der Waals surface area contributed by atoms with E-state index in [0.29, 0.717) is 4.57 Å². The second-order valence-electron chi connectivity index (χ2n) is 23.8. The number of anilines is 9. The molecule has 0 unspecified atom stereocenters. The molecule has 0 atom stereocenters. The van der Waals surface area contributed by atoms with Gasteiger partial charge in [0.2, 0.25) is 0 Å². The van der Waals surface area contributed by atoms with Crippen LogP contribution in [0.25, 0.3) is 128 Å². The van der Waals surface area contributed by atoms with E-state index in [4.69, 9.17) is 16.4 Å². The van der Waals surface area contributed by atoms with Crippen molar-refractivity contribution in [3.8, 4) is 106 Å². The van der Waals surface area contributed by atoms with E-state index >= 15 is 0 Å². The summed E-state index contributed by atoms with van der Waals surface area (Å²) < 4.78 is 727. The van der Waals surface area contributed by atoms with Crippen molar-refractivity contribution in [2.75, 3.05) is 14.7 Å². The van der Waals surface area contributed by atoms with Crippen molar-refractivity contribution in [2.24, 2.45) is 0 Å². The van der Waals surface area contributed by atoms with Crippen molar-refractivity contribution in [1.29, 1.82) is 0 Å². The van der Waals surface area contributed by atoms with E-state index in [1.54, 1.807) is 0 Å². The highest BCUT2D eigenvalue weighted by Gasteiger charge is 2.45. The Morgan fingerprint density at radius 3 is 0.894 bits per heavy atom. The molecule has 1 aromatic heterocycles. The number of para-hydroxylation sites is 2. The fourth-order valence-corrected chi connectivity index (χ4v) is 13.0. The molecule has 0 fully saturated rings. The van der Waals surface area contributed by atoms with Crippen molar-refractivity contribution in [3.05, 3.63) is 441 Å². The van der Waals surface area contributed by atoms with Gasteiger partial charge in [-0.15, -0.1) is 0 Å². The van der Waals surface area contributed by atoms with E-state index in [1.807, 2.05) is 0 Å². The molecule has 4 nitrogen and oxygen atoms in total. The summed E-state index contributed by atoms with van der Waals surface area (Å²) in [6.07, 6.45) is 0. The van der Waals surface area contributed by atoms with Crippen LogP contribution in [0.3, 0.4) is 0 Å². The van der Waals surface area contributed by atoms with Gasteiger partial charge in [0.05, 0.1) is 122 Å². The lowest BCUT2D eigenvalue weighted by Crippen LogP contribution is -2.61. The van der Waals surface area contributed by atoms with Gasteiger partial charge in [0, 0.05) is 78.5 Å². The molecule has 0 saturated carbocycles. The molecule has 0 aliphatic carbocycles. The van der Waals surface area contributed by atoms with Gasteiger partial charge in [-0.2, -0.15) is 0 Å². The van der Waals surface area contributed by atoms with E-state index in [-0.39, 0.29) is 14.7 Å². The highest BCUT2D eigenvalue weighted by molar-refractivity contribution is 7.00. The van der Waals surface area contributed by atoms with Crippen LogP contribution < -0.4 is 31.1 Å². The lowest BCUT2D eigenvalue weighted by atomic mass is 9.33. The third-order valence-corrected chi connectivity index (χ3v) is 17.7. The predicted octanol–water partition coefficient (Wildman–Crippen LogP) is 27.3. The molecule has 0 N–H and O–H groups in total. The van der Waals surface area contributed by atoms with Crippen molar-refractivity contribution >= 4 is 96.1 Å². The molecule has 3 heterocycles. The minimum atomic E-state index is -3.40. The van der Waals surface area contributed by atoms with E-state index in [1.165, 1.54) is 0 Å². The van der Waals surface area contributed by atoms with Crippen LogP contribution in [0.5, 0.6) is 0 Å². The van der Waals surface area contributed by atoms with Crippen molar-refractivity contribution in [3.63, 3.8) is 0 Å². The van der Waals surface area contributed by atoms with Crippen molar-refractivity contribution in [1.82, 2.24) is 4.57 Å². The van der Waals surface area contributed by atoms with Gasteiger partial charge in [-0.05, 0) is 197 Å². The largest absolute Gasteiger partial charge is 0.310 e. The maximum absolute atomic E-state index is 12.1. The van der Waals surface area contributed by atoms with Crippen molar-refractivity contribution < 1.29 is 100 Å². The summed E-state index contributed by atoms with van der Waals surface area (Å²) >= 11 is 0. The van der Waals surface area contributed by atoms with Crippen LogP contribution in [0.1, 0.15) is 100 Å². The maximum Gasteiger partial charge on any atom is 0.252 e. The fourth-order valence-electron chi connectivity index (χ4n) is 13.0. The third kappa shape index (κ3) is 11.8. The van der Waals surface area contributed by atoms with Gasteiger partial charge < -0.3 is 19.3 Å². The van der Waals surface area contributed by atoms with Crippen LogP contribution in [0.15, 0.2) is 441 Å². The highest BCUT2D eigenvalue weighted by atomic mass is 15.2. The average Bonchev–Trinajstić information content (AvgIpc) is 0.751. The third-order valence-electron chi connectivity index (χ3n) is 17.7. The van der Waals surface area contributed by atoms with Crippen molar-refractivity contribution in [2.45, 2.75) is 0 Å². The smallest absolute Gasteiger partial charge is 0.252 e. The summed E-state index contributed by atoms with van der Waals surface area (Å²) in [6, 6.07) is -114. The Balaban J connectivity index is 1.11. The van der Waals surface area contributed by atoms with Crippen LogP contribution in [0.2, 0.25) is 0 Å². The summed E-state index contributed by atoms with van der Waals surface area (Å²) in [5.74, 6) is 0. The summed E-state index contributed by atoms with van der Waals surface area (Å²) in [7, 11) is 0. The molecule has 18 aromatic carbocycles. The summed E-state index contributed by atoms with van der Waals surface area (Å²) in [6.45, 7) is -3.40. The number of aromatic nitrogens is 1. The van der Waals surface area contributed by atoms with Gasteiger partial charge in [0.15, 0.2) is 0 Å². The minimum Gasteiger partial charge on any atom is -0.310 e. The number of benzene rings is 18. The monoisotopic (exact) mass is 1510 g/mol. The first-order chi connectivity index (χ1) is 86.5. The molecule has 113 heavy (non-hydrogen) atoms. The average molecular weight is 1510 g/mol. The van der Waals surface area contributed by atoms with E-state index < -0.39 is 643 Å². The number of hydrogen-bond donors (Lipinski definition) is 0. The summed E-state index contributed by atoms with van der Waals surface area (Å²) in [5, 5.41) is -1.61. The zero-order valence-electron chi connectivity index (χ0n) is 129. The van der Waals surface area contributed by atoms with E-state index in [9.17, 15) is 83.6 Å². The Kier molecular flexibility index (Phi) is 6.37.